The molecule has 49 heteroatoms. The Labute approximate surface area is 861 Å². The number of aliphatic hydroxyl groups is 26. The Kier molecular flexibility index (Phi) is 38.2. The van der Waals surface area contributed by atoms with Crippen LogP contribution in [0.25, 0.3) is 0 Å². The largest absolute Gasteiger partial charge is 0.458 e. The first-order valence-corrected chi connectivity index (χ1v) is 51.3. The second kappa shape index (κ2) is 47.5. The molecule has 0 amide bonds. The lowest BCUT2D eigenvalue weighted by Gasteiger charge is -2.72. The van der Waals surface area contributed by atoms with Crippen molar-refractivity contribution in [3.63, 3.8) is 0 Å². The molecular weight excluding hydrogens is 1990 g/mol. The summed E-state index contributed by atoms with van der Waals surface area (Å²) >= 11 is 0. The lowest BCUT2D eigenvalue weighted by Crippen LogP contribution is -2.70. The van der Waals surface area contributed by atoms with Crippen molar-refractivity contribution in [2.45, 2.75) is 442 Å². The van der Waals surface area contributed by atoms with Crippen molar-refractivity contribution >= 4 is 17.9 Å². The molecule has 0 unspecified atom stereocenters. The van der Waals surface area contributed by atoms with E-state index in [-0.39, 0.29) is 68.1 Å². The summed E-state index contributed by atoms with van der Waals surface area (Å²) in [5.74, 6) is -4.70. The summed E-state index contributed by atoms with van der Waals surface area (Å²) in [6, 6.07) is 0. The van der Waals surface area contributed by atoms with Crippen LogP contribution >= 0.6 is 0 Å². The molecule has 9 saturated heterocycles. The quantitative estimate of drug-likeness (QED) is 0.00922. The Morgan fingerprint density at radius 2 is 0.886 bits per heavy atom. The average Bonchev–Trinajstić information content (AvgIpc) is 1.10. The monoisotopic (exact) mass is 2140 g/mol. The highest BCUT2D eigenvalue weighted by Crippen LogP contribution is 2.76. The summed E-state index contributed by atoms with van der Waals surface area (Å²) in [5, 5.41) is 290. The van der Waals surface area contributed by atoms with Crippen LogP contribution in [0.4, 0.5) is 0 Å². The van der Waals surface area contributed by atoms with E-state index in [4.69, 9.17) is 94.7 Å². The van der Waals surface area contributed by atoms with Crippen molar-refractivity contribution in [1.29, 1.82) is 0 Å². The van der Waals surface area contributed by atoms with E-state index in [1.54, 1.807) is 27.7 Å². The highest BCUT2D eigenvalue weighted by Gasteiger charge is 2.74. The zero-order chi connectivity index (χ0) is 109. The Bertz CT molecular complexity index is 4590. The van der Waals surface area contributed by atoms with Crippen molar-refractivity contribution in [3.05, 3.63) is 60.3 Å². The summed E-state index contributed by atoms with van der Waals surface area (Å²) in [4.78, 5) is 45.6. The minimum atomic E-state index is -2.30. The van der Waals surface area contributed by atoms with Crippen molar-refractivity contribution in [1.82, 2.24) is 0 Å². The van der Waals surface area contributed by atoms with Crippen LogP contribution in [0.2, 0.25) is 0 Å². The van der Waals surface area contributed by atoms with Gasteiger partial charge in [-0.1, -0.05) is 84.4 Å². The van der Waals surface area contributed by atoms with E-state index in [1.165, 1.54) is 45.1 Å². The number of fused-ring (bicyclic) bond motifs is 7. The Balaban J connectivity index is 0.716. The number of allylic oxidation sites excluding steroid dienone is 4. The first-order valence-electron chi connectivity index (χ1n) is 51.3. The van der Waals surface area contributed by atoms with Gasteiger partial charge in [0.05, 0.1) is 94.0 Å². The zero-order valence-electron chi connectivity index (χ0n) is 85.6. The van der Waals surface area contributed by atoms with Gasteiger partial charge >= 0.3 is 17.9 Å². The van der Waals surface area contributed by atoms with Gasteiger partial charge in [0, 0.05) is 17.4 Å². The molecule has 0 aromatic carbocycles. The van der Waals surface area contributed by atoms with Gasteiger partial charge in [0.1, 0.15) is 182 Å². The van der Waals surface area contributed by atoms with E-state index < -0.39 is 390 Å². The van der Waals surface area contributed by atoms with Crippen LogP contribution < -0.4 is 0 Å². The van der Waals surface area contributed by atoms with E-state index >= 15 is 9.59 Å². The summed E-state index contributed by atoms with van der Waals surface area (Å²) in [5.41, 5.74) is -8.71. The van der Waals surface area contributed by atoms with Crippen LogP contribution in [0.5, 0.6) is 0 Å². The third-order valence-electron chi connectivity index (χ3n) is 35.0. The first kappa shape index (κ1) is 120. The molecular formula is C100H158O49. The van der Waals surface area contributed by atoms with Crippen molar-refractivity contribution in [3.8, 4) is 0 Å². The number of hydrogen-bond acceptors (Lipinski definition) is 49. The number of hydrogen-bond donors (Lipinski definition) is 26. The second-order valence-corrected chi connectivity index (χ2v) is 45.3. The van der Waals surface area contributed by atoms with Gasteiger partial charge < -0.3 is 228 Å². The van der Waals surface area contributed by atoms with Crippen LogP contribution in [0, 0.1) is 50.2 Å². The molecule has 0 bridgehead atoms. The number of ether oxygens (including phenoxy) is 20. The maximum atomic E-state index is 16.9. The third-order valence-corrected chi connectivity index (χ3v) is 35.0. The van der Waals surface area contributed by atoms with E-state index in [9.17, 15) is 138 Å². The highest BCUT2D eigenvalue weighted by atomic mass is 16.8. The molecule has 149 heavy (non-hydrogen) atoms. The molecule has 0 aromatic heterocycles. The van der Waals surface area contributed by atoms with Gasteiger partial charge in [-0.05, 0) is 145 Å². The predicted octanol–water partition coefficient (Wildman–Crippen LogP) is -6.96. The molecule has 9 aliphatic heterocycles. The van der Waals surface area contributed by atoms with E-state index in [2.05, 4.69) is 33.1 Å². The highest BCUT2D eigenvalue weighted by molar-refractivity contribution is 5.89. The van der Waals surface area contributed by atoms with E-state index in [1.807, 2.05) is 20.8 Å². The van der Waals surface area contributed by atoms with Gasteiger partial charge in [0.25, 0.3) is 0 Å². The minimum Gasteiger partial charge on any atom is -0.458 e. The van der Waals surface area contributed by atoms with Gasteiger partial charge in [-0.2, -0.15) is 0 Å². The number of esters is 3. The molecule has 9 heterocycles. The lowest BCUT2D eigenvalue weighted by molar-refractivity contribution is -0.390. The van der Waals surface area contributed by atoms with Gasteiger partial charge in [-0.25, -0.2) is 9.59 Å². The maximum absolute atomic E-state index is 16.9. The summed E-state index contributed by atoms with van der Waals surface area (Å²) in [6.45, 7) is 23.6. The predicted molar refractivity (Wildman–Crippen MR) is 499 cm³/mol. The van der Waals surface area contributed by atoms with Crippen molar-refractivity contribution in [2.75, 3.05) is 52.9 Å². The average molecular weight is 2140 g/mol. The summed E-state index contributed by atoms with van der Waals surface area (Å²) in [7, 11) is 0. The summed E-state index contributed by atoms with van der Waals surface area (Å²) in [6.07, 6.45) is -66.7. The van der Waals surface area contributed by atoms with Gasteiger partial charge in [0.2, 0.25) is 6.29 Å². The van der Waals surface area contributed by atoms with Crippen LogP contribution in [-0.4, -0.2) is 485 Å². The standard InChI is InChI=1S/C100H158O49/c1-15-95(10,148-84-70(121)59(110)47(106)37-131-84)25-17-19-40(3)81(127)142-76-41(4)135-89(74(125)68(76)119)149-96(11,16-2)26-18-20-43(32-101)82(128)140-57-31-100(92(129)147-91-80(67(118)62(113)50(34-103)138-91)146-88-75(126)78(144-87-73(124)65(116)61(112)49(33-102)136-87)77(42(5)134-88)143-86-71(122)63(114)51(35-104)137-86)45(29-93(57,6)7)44-21-22-54-97(12)27-24-56(94(8,9)53(97)23-28-98(54,13)99(44,14)30-55(100)108)141-85-72(123)66(117)64(115)52(139-85)39-133-90-79(60(111)48(107)38-132-90)145-83-69(120)58(109)46(105)36-130-83/h15-16,19-21,41-42,45-80,83-91,101-126H,1-2,17-18,22-39H2,3-14H3/b40-19+,43-20+/t41-,42+,45+,46-,47-,48+,49-,50-,51+,52-,53+,54-,55-,56+,57+,58+,59+,60+,61-,62-,63+,64-,65+,66+,67+,68-,69-,70-,71-,72-,73-,74-,75-,76-,77+,78+,79-,80-,83+,84+,85+,86+,87+,88+,89+,90+,91+,95+,96-,97+,98-,99-,100-/m1/s1. The molecule has 852 valence electrons. The van der Waals surface area contributed by atoms with Crippen LogP contribution in [0.15, 0.2) is 60.3 Å². The lowest BCUT2D eigenvalue weighted by atomic mass is 9.33. The Morgan fingerprint density at radius 1 is 0.430 bits per heavy atom. The van der Waals surface area contributed by atoms with Gasteiger partial charge in [0.15, 0.2) is 62.5 Å². The number of carbonyl (C=O) groups excluding carboxylic acids is 3. The van der Waals surface area contributed by atoms with Crippen molar-refractivity contribution in [2.24, 2.45) is 50.2 Å². The SMILES string of the molecule is C=C[C@@](C)(CC/C=C(\C)C(=O)O[C@H]1[C@H](O)[C@@H](O)[C@H](O[C@](C)(C=C)CC/C=C(\CO)C(=O)O[C@H]2C[C@]3(C(=O)O[C@@H]4O[C@H](CO)[C@@H](O)[C@H](O)[C@H]4O[C@@H]4O[C@@H](C)[C@H](O[C@@H]5O[C@@H](CO)[C@H](O)[C@H]5O)[C@@H](O[C@@H]5O[C@H](CO)[C@@H](O)[C@H](O)[C@H]5O)[C@H]4O)[C@H](O)C[C@]4(C)C(=CC[C@@H]5[C@@]6(C)CC[C@H](O[C@@H]7O[C@H](CO[C@@H]8OC[C@H](O)[C@H](O)[C@H]8O[C@@H]8OC[C@@H](O)[C@H](O)[C@H]8O)[C@@H](O)[C@H](O)[C@H]7O)C(C)(C)[C@@H]6CC[C@]54C)[C@@H]3CC2(C)C)O[C@@H]1C)O[C@@H]1OC[C@@H](O)[C@H](O)[C@H]1O. The molecule has 14 rings (SSSR count). The Morgan fingerprint density at radius 3 is 1.48 bits per heavy atom. The number of aliphatic hydroxyl groups excluding tert-OH is 26. The fourth-order valence-electron chi connectivity index (χ4n) is 25.2. The van der Waals surface area contributed by atoms with E-state index in [0.29, 0.717) is 37.7 Å². The molecule has 0 spiro atoms. The molecule has 0 radical (unpaired) electrons. The maximum Gasteiger partial charge on any atom is 0.336 e. The molecule has 14 aliphatic rings. The number of carbonyl (C=O) groups is 3. The summed E-state index contributed by atoms with van der Waals surface area (Å²) < 4.78 is 121. The zero-order valence-corrected chi connectivity index (χ0v) is 85.6. The molecule has 0 aromatic rings. The van der Waals surface area contributed by atoms with E-state index in [0.717, 1.165) is 0 Å². The molecule has 53 atom stereocenters. The molecule has 49 nitrogen and oxygen atoms in total. The van der Waals surface area contributed by atoms with Crippen molar-refractivity contribution < 1.29 is 242 Å². The number of rotatable bonds is 35. The topological polar surface area (TPSA) is 762 Å². The van der Waals surface area contributed by atoms with Crippen LogP contribution in [0.1, 0.15) is 160 Å². The van der Waals surface area contributed by atoms with Gasteiger partial charge in [-0.3, -0.25) is 4.79 Å². The minimum absolute atomic E-state index is 0.0573. The van der Waals surface area contributed by atoms with Crippen LogP contribution in [-0.2, 0) is 109 Å². The third kappa shape index (κ3) is 23.3. The molecule has 5 aliphatic carbocycles. The van der Waals surface area contributed by atoms with Crippen LogP contribution in [0.3, 0.4) is 0 Å². The fourth-order valence-corrected chi connectivity index (χ4v) is 25.2. The normalized spacial score (nSPS) is 48.9. The molecule has 13 fully saturated rings. The molecule has 26 N–H and O–H groups in total. The smallest absolute Gasteiger partial charge is 0.336 e. The first-order chi connectivity index (χ1) is 69.9. The van der Waals surface area contributed by atoms with Gasteiger partial charge in [-0.15, -0.1) is 13.2 Å². The second-order valence-electron chi connectivity index (χ2n) is 45.3. The fraction of sp³-hybridized carbons (Fsp3) is 0.870. The Hall–Kier alpha value is -4.61. The molecule has 4 saturated carbocycles.